The minimum Gasteiger partial charge on any atom is -0.508 e. The first-order chi connectivity index (χ1) is 12.7. The van der Waals surface area contributed by atoms with Gasteiger partial charge in [0.1, 0.15) is 23.1 Å². The number of fused-ring (bicyclic) bond motifs is 1. The normalized spacial score (nSPS) is 15.9. The number of aromatic hydroxyl groups is 1. The number of nitrogens with two attached hydrogens (primary N) is 1. The highest BCUT2D eigenvalue weighted by molar-refractivity contribution is 5.58. The van der Waals surface area contributed by atoms with Crippen molar-refractivity contribution >= 4 is 0 Å². The van der Waals surface area contributed by atoms with Crippen LogP contribution < -0.4 is 10.5 Å². The fraction of sp³-hybridized carbons (Fsp3) is 0.318. The van der Waals surface area contributed by atoms with Gasteiger partial charge < -0.3 is 15.6 Å². The van der Waals surface area contributed by atoms with E-state index in [0.717, 1.165) is 36.0 Å². The van der Waals surface area contributed by atoms with Gasteiger partial charge in [0, 0.05) is 11.6 Å². The molecule has 3 N–H and O–H groups in total. The first-order valence-corrected chi connectivity index (χ1v) is 9.14. The zero-order valence-electron chi connectivity index (χ0n) is 15.0. The molecule has 1 aliphatic rings. The summed E-state index contributed by atoms with van der Waals surface area (Å²) in [7, 11) is 0. The summed E-state index contributed by atoms with van der Waals surface area (Å²) in [6, 6.07) is 15.6. The molecule has 1 aliphatic heterocycles. The molecule has 134 valence electrons. The van der Waals surface area contributed by atoms with E-state index in [1.807, 2.05) is 36.4 Å². The van der Waals surface area contributed by atoms with E-state index in [1.54, 1.807) is 6.07 Å². The van der Waals surface area contributed by atoms with Crippen LogP contribution in [-0.4, -0.2) is 5.11 Å². The number of hydrogen-bond acceptors (Lipinski definition) is 4. The van der Waals surface area contributed by atoms with E-state index in [9.17, 15) is 10.4 Å². The first kappa shape index (κ1) is 17.9. The molecular formula is C22H24N2O2. The van der Waals surface area contributed by atoms with E-state index >= 15 is 0 Å². The quantitative estimate of drug-likeness (QED) is 0.739. The predicted octanol–water partition coefficient (Wildman–Crippen LogP) is 4.73. The number of unbranched alkanes of at least 4 members (excludes halogenated alkanes) is 3. The highest BCUT2D eigenvalue weighted by atomic mass is 16.5. The number of nitriles is 1. The smallest absolute Gasteiger partial charge is 0.205 e. The lowest BCUT2D eigenvalue weighted by molar-refractivity contribution is 0.387. The van der Waals surface area contributed by atoms with Crippen molar-refractivity contribution in [1.29, 1.82) is 5.26 Å². The van der Waals surface area contributed by atoms with Crippen molar-refractivity contribution < 1.29 is 9.84 Å². The molecule has 0 saturated heterocycles. The third-order valence-electron chi connectivity index (χ3n) is 4.85. The Labute approximate surface area is 154 Å². The molecule has 0 saturated carbocycles. The highest BCUT2D eigenvalue weighted by Crippen LogP contribution is 2.44. The Hall–Kier alpha value is -2.93. The summed E-state index contributed by atoms with van der Waals surface area (Å²) in [5, 5.41) is 20.0. The van der Waals surface area contributed by atoms with Crippen molar-refractivity contribution in [3.8, 4) is 17.6 Å². The molecule has 1 atom stereocenters. The fourth-order valence-corrected chi connectivity index (χ4v) is 3.47. The van der Waals surface area contributed by atoms with Gasteiger partial charge >= 0.3 is 0 Å². The molecule has 0 spiro atoms. The van der Waals surface area contributed by atoms with Crippen LogP contribution in [0.2, 0.25) is 0 Å². The number of nitrogens with zero attached hydrogens (tertiary/aromatic N) is 1. The van der Waals surface area contributed by atoms with Crippen molar-refractivity contribution in [2.45, 2.75) is 44.9 Å². The number of aryl methyl sites for hydroxylation is 1. The molecule has 3 rings (SSSR count). The van der Waals surface area contributed by atoms with Crippen molar-refractivity contribution in [2.75, 3.05) is 0 Å². The third kappa shape index (κ3) is 3.52. The van der Waals surface area contributed by atoms with Crippen LogP contribution in [0.3, 0.4) is 0 Å². The molecule has 0 radical (unpaired) electrons. The van der Waals surface area contributed by atoms with Gasteiger partial charge in [-0.1, -0.05) is 56.5 Å². The second-order valence-electron chi connectivity index (χ2n) is 6.66. The molecule has 0 amide bonds. The Morgan fingerprint density at radius 2 is 1.92 bits per heavy atom. The lowest BCUT2D eigenvalue weighted by Gasteiger charge is -2.27. The lowest BCUT2D eigenvalue weighted by atomic mass is 9.82. The van der Waals surface area contributed by atoms with Gasteiger partial charge in [-0.3, -0.25) is 0 Å². The monoisotopic (exact) mass is 348 g/mol. The van der Waals surface area contributed by atoms with E-state index in [2.05, 4.69) is 13.0 Å². The van der Waals surface area contributed by atoms with Gasteiger partial charge in [-0.2, -0.15) is 5.26 Å². The zero-order valence-corrected chi connectivity index (χ0v) is 15.0. The predicted molar refractivity (Wildman–Crippen MR) is 102 cm³/mol. The Morgan fingerprint density at radius 1 is 1.15 bits per heavy atom. The molecule has 4 heteroatoms. The van der Waals surface area contributed by atoms with Gasteiger partial charge in [0.15, 0.2) is 0 Å². The molecule has 1 heterocycles. The largest absolute Gasteiger partial charge is 0.508 e. The second-order valence-corrected chi connectivity index (χ2v) is 6.66. The van der Waals surface area contributed by atoms with Gasteiger partial charge in [0.25, 0.3) is 0 Å². The van der Waals surface area contributed by atoms with Crippen LogP contribution in [0.1, 0.15) is 55.2 Å². The van der Waals surface area contributed by atoms with Crippen LogP contribution in [0, 0.1) is 11.3 Å². The fourth-order valence-electron chi connectivity index (χ4n) is 3.47. The van der Waals surface area contributed by atoms with Gasteiger partial charge in [-0.25, -0.2) is 0 Å². The van der Waals surface area contributed by atoms with E-state index in [-0.39, 0.29) is 17.6 Å². The molecule has 0 aliphatic carbocycles. The molecule has 26 heavy (non-hydrogen) atoms. The Bertz CT molecular complexity index is 850. The van der Waals surface area contributed by atoms with Crippen molar-refractivity contribution in [3.63, 3.8) is 0 Å². The van der Waals surface area contributed by atoms with Crippen LogP contribution >= 0.6 is 0 Å². The Morgan fingerprint density at radius 3 is 2.62 bits per heavy atom. The van der Waals surface area contributed by atoms with Crippen LogP contribution in [0.5, 0.6) is 11.5 Å². The molecule has 0 aromatic heterocycles. The number of phenols is 1. The maximum atomic E-state index is 10.4. The summed E-state index contributed by atoms with van der Waals surface area (Å²) in [5.74, 6) is 0.564. The lowest BCUT2D eigenvalue weighted by Crippen LogP contribution is -2.21. The molecular weight excluding hydrogens is 324 g/mol. The van der Waals surface area contributed by atoms with Crippen molar-refractivity contribution in [1.82, 2.24) is 0 Å². The minimum atomic E-state index is -0.278. The van der Waals surface area contributed by atoms with Crippen LogP contribution in [-0.2, 0) is 6.42 Å². The van der Waals surface area contributed by atoms with Gasteiger partial charge in [-0.05, 0) is 30.0 Å². The summed E-state index contributed by atoms with van der Waals surface area (Å²) in [6.07, 6.45) is 5.35. The molecule has 0 fully saturated rings. The number of benzene rings is 2. The molecule has 2 aromatic carbocycles. The number of phenolic OH excluding ortho intramolecular Hbond substituents is 1. The van der Waals surface area contributed by atoms with E-state index in [0.29, 0.717) is 11.3 Å². The summed E-state index contributed by atoms with van der Waals surface area (Å²) < 4.78 is 5.64. The molecule has 4 nitrogen and oxygen atoms in total. The number of allylic oxidation sites excluding steroid dienone is 1. The van der Waals surface area contributed by atoms with Crippen LogP contribution in [0.25, 0.3) is 0 Å². The SMILES string of the molecule is CCCCCCc1cc2c(cc1O)OC(N)=C(C#N)C2c1ccccc1. The van der Waals surface area contributed by atoms with Crippen molar-refractivity contribution in [3.05, 3.63) is 70.6 Å². The van der Waals surface area contributed by atoms with E-state index < -0.39 is 0 Å². The average molecular weight is 348 g/mol. The minimum absolute atomic E-state index is 0.101. The number of hydrogen-bond donors (Lipinski definition) is 2. The topological polar surface area (TPSA) is 79.3 Å². The number of ether oxygens (including phenoxy) is 1. The third-order valence-corrected chi connectivity index (χ3v) is 4.85. The summed E-state index contributed by atoms with van der Waals surface area (Å²) >= 11 is 0. The maximum Gasteiger partial charge on any atom is 0.205 e. The molecule has 1 unspecified atom stereocenters. The van der Waals surface area contributed by atoms with Crippen LogP contribution in [0.15, 0.2) is 53.9 Å². The standard InChI is InChI=1S/C22H24N2O2/c1-2-3-4-6-11-16-12-17-20(13-19(16)25)26-22(24)18(14-23)21(17)15-9-7-5-8-10-15/h5,7-10,12-13,21,25H,2-4,6,11,24H2,1H3. The molecule has 2 aromatic rings. The molecule has 0 bridgehead atoms. The second kappa shape index (κ2) is 7.97. The first-order valence-electron chi connectivity index (χ1n) is 9.14. The Balaban J connectivity index is 2.02. The summed E-state index contributed by atoms with van der Waals surface area (Å²) in [4.78, 5) is 0. The van der Waals surface area contributed by atoms with Gasteiger partial charge in [-0.15, -0.1) is 0 Å². The van der Waals surface area contributed by atoms with Gasteiger partial charge in [0.05, 0.1) is 5.92 Å². The van der Waals surface area contributed by atoms with Crippen molar-refractivity contribution in [2.24, 2.45) is 5.73 Å². The van der Waals surface area contributed by atoms with Crippen LogP contribution in [0.4, 0.5) is 0 Å². The number of rotatable bonds is 6. The zero-order chi connectivity index (χ0) is 18.5. The Kier molecular flexibility index (Phi) is 5.48. The highest BCUT2D eigenvalue weighted by Gasteiger charge is 2.31. The summed E-state index contributed by atoms with van der Waals surface area (Å²) in [5.41, 5.74) is 9.15. The average Bonchev–Trinajstić information content (AvgIpc) is 2.65. The van der Waals surface area contributed by atoms with Gasteiger partial charge in [0.2, 0.25) is 5.88 Å². The van der Waals surface area contributed by atoms with E-state index in [4.69, 9.17) is 10.5 Å². The maximum absolute atomic E-state index is 10.4. The van der Waals surface area contributed by atoms with E-state index in [1.165, 1.54) is 12.8 Å². The summed E-state index contributed by atoms with van der Waals surface area (Å²) in [6.45, 7) is 2.18.